The number of aliphatic hydroxyl groups is 1. The second-order valence-electron chi connectivity index (χ2n) is 4.83. The zero-order valence-corrected chi connectivity index (χ0v) is 11.9. The topological polar surface area (TPSA) is 97.0 Å². The summed E-state index contributed by atoms with van der Waals surface area (Å²) in [6.07, 6.45) is -2.30. The number of pyridine rings is 1. The molecule has 22 heavy (non-hydrogen) atoms. The Labute approximate surface area is 124 Å². The number of halogens is 3. The van der Waals surface area contributed by atoms with Gasteiger partial charge < -0.3 is 16.2 Å². The molecule has 0 saturated carbocycles. The smallest absolute Gasteiger partial charge is 0.394 e. The van der Waals surface area contributed by atoms with Crippen molar-refractivity contribution in [2.24, 2.45) is 0 Å². The molecule has 0 aromatic carbocycles. The van der Waals surface area contributed by atoms with Crippen LogP contribution in [0.15, 0.2) is 12.3 Å². The van der Waals surface area contributed by atoms with E-state index in [1.165, 1.54) is 0 Å². The molecule has 2 rings (SSSR count). The fourth-order valence-corrected chi connectivity index (χ4v) is 2.04. The molecule has 2 aromatic rings. The predicted octanol–water partition coefficient (Wildman–Crippen LogP) is 2.20. The van der Waals surface area contributed by atoms with Gasteiger partial charge in [-0.2, -0.15) is 18.2 Å². The molecule has 1 unspecified atom stereocenters. The van der Waals surface area contributed by atoms with Crippen molar-refractivity contribution >= 4 is 22.8 Å². The van der Waals surface area contributed by atoms with Crippen LogP contribution < -0.4 is 11.1 Å². The van der Waals surface area contributed by atoms with E-state index in [1.807, 2.05) is 6.92 Å². The molecular weight excluding hydrogens is 299 g/mol. The van der Waals surface area contributed by atoms with Crippen LogP contribution in [0.4, 0.5) is 24.9 Å². The zero-order chi connectivity index (χ0) is 16.3. The summed E-state index contributed by atoms with van der Waals surface area (Å²) in [5, 5.41) is 12.3. The van der Waals surface area contributed by atoms with Crippen LogP contribution in [0, 0.1) is 0 Å². The Kier molecular flexibility index (Phi) is 4.65. The van der Waals surface area contributed by atoms with Gasteiger partial charge in [-0.1, -0.05) is 13.3 Å². The first-order chi connectivity index (χ1) is 10.3. The molecule has 0 aliphatic carbocycles. The summed E-state index contributed by atoms with van der Waals surface area (Å²) in [4.78, 5) is 11.5. The summed E-state index contributed by atoms with van der Waals surface area (Å²) >= 11 is 0. The van der Waals surface area contributed by atoms with Gasteiger partial charge in [0.15, 0.2) is 5.82 Å². The van der Waals surface area contributed by atoms with Crippen LogP contribution in [0.5, 0.6) is 0 Å². The monoisotopic (exact) mass is 315 g/mol. The van der Waals surface area contributed by atoms with Crippen molar-refractivity contribution in [3.05, 3.63) is 17.8 Å². The summed E-state index contributed by atoms with van der Waals surface area (Å²) in [6.45, 7) is 1.81. The SMILES string of the molecule is CCCC(CO)Nc1nc(N)nc2cc(C(F)(F)F)cnc12. The van der Waals surface area contributed by atoms with Crippen molar-refractivity contribution in [1.29, 1.82) is 0 Å². The van der Waals surface area contributed by atoms with E-state index >= 15 is 0 Å². The molecule has 0 aliphatic heterocycles. The second kappa shape index (κ2) is 6.30. The maximum absolute atomic E-state index is 12.7. The Balaban J connectivity index is 2.46. The average molecular weight is 315 g/mol. The van der Waals surface area contributed by atoms with Gasteiger partial charge in [-0.3, -0.25) is 4.98 Å². The normalized spacial score (nSPS) is 13.3. The van der Waals surface area contributed by atoms with Crippen molar-refractivity contribution in [3.8, 4) is 0 Å². The first kappa shape index (κ1) is 16.2. The lowest BCUT2D eigenvalue weighted by Crippen LogP contribution is -2.24. The number of fused-ring (bicyclic) bond motifs is 1. The zero-order valence-electron chi connectivity index (χ0n) is 11.9. The van der Waals surface area contributed by atoms with Gasteiger partial charge >= 0.3 is 6.18 Å². The van der Waals surface area contributed by atoms with Crippen molar-refractivity contribution in [1.82, 2.24) is 15.0 Å². The van der Waals surface area contributed by atoms with Crippen LogP contribution in [0.1, 0.15) is 25.3 Å². The lowest BCUT2D eigenvalue weighted by atomic mass is 10.2. The molecule has 6 nitrogen and oxygen atoms in total. The molecule has 2 heterocycles. The highest BCUT2D eigenvalue weighted by molar-refractivity contribution is 5.86. The number of hydrogen-bond donors (Lipinski definition) is 3. The number of anilines is 2. The van der Waals surface area contributed by atoms with E-state index in [9.17, 15) is 18.3 Å². The highest BCUT2D eigenvalue weighted by atomic mass is 19.4. The van der Waals surface area contributed by atoms with Crippen molar-refractivity contribution in [2.45, 2.75) is 32.0 Å². The third-order valence-corrected chi connectivity index (χ3v) is 3.08. The molecule has 4 N–H and O–H groups in total. The quantitative estimate of drug-likeness (QED) is 0.782. The summed E-state index contributed by atoms with van der Waals surface area (Å²) in [5.41, 5.74) is 4.81. The van der Waals surface area contributed by atoms with Gasteiger partial charge in [0.2, 0.25) is 5.95 Å². The van der Waals surface area contributed by atoms with E-state index in [0.717, 1.165) is 18.7 Å². The molecular formula is C13H16F3N5O. The Morgan fingerprint density at radius 1 is 1.36 bits per heavy atom. The summed E-state index contributed by atoms with van der Waals surface area (Å²) in [6, 6.07) is 0.589. The van der Waals surface area contributed by atoms with E-state index in [2.05, 4.69) is 20.3 Å². The third kappa shape index (κ3) is 3.53. The number of nitrogens with two attached hydrogens (primary N) is 1. The lowest BCUT2D eigenvalue weighted by molar-refractivity contribution is -0.137. The molecule has 1 atom stereocenters. The third-order valence-electron chi connectivity index (χ3n) is 3.08. The average Bonchev–Trinajstić information content (AvgIpc) is 2.44. The molecule has 0 fully saturated rings. The fraction of sp³-hybridized carbons (Fsp3) is 0.462. The molecule has 0 aliphatic rings. The van der Waals surface area contributed by atoms with E-state index in [1.54, 1.807) is 0 Å². The molecule has 120 valence electrons. The van der Waals surface area contributed by atoms with E-state index in [-0.39, 0.29) is 35.4 Å². The van der Waals surface area contributed by atoms with Gasteiger partial charge in [-0.15, -0.1) is 0 Å². The first-order valence-corrected chi connectivity index (χ1v) is 6.73. The second-order valence-corrected chi connectivity index (χ2v) is 4.83. The number of nitrogen functional groups attached to an aromatic ring is 1. The largest absolute Gasteiger partial charge is 0.417 e. The molecule has 0 amide bonds. The van der Waals surface area contributed by atoms with Crippen LogP contribution in [0.2, 0.25) is 0 Å². The molecule has 0 saturated heterocycles. The molecule has 9 heteroatoms. The molecule has 0 radical (unpaired) electrons. The van der Waals surface area contributed by atoms with Crippen molar-refractivity contribution in [2.75, 3.05) is 17.7 Å². The molecule has 0 bridgehead atoms. The van der Waals surface area contributed by atoms with Crippen molar-refractivity contribution in [3.63, 3.8) is 0 Å². The first-order valence-electron chi connectivity index (χ1n) is 6.73. The number of alkyl halides is 3. The minimum absolute atomic E-state index is 0.00184. The maximum atomic E-state index is 12.7. The highest BCUT2D eigenvalue weighted by Crippen LogP contribution is 2.31. The lowest BCUT2D eigenvalue weighted by Gasteiger charge is -2.17. The minimum Gasteiger partial charge on any atom is -0.394 e. The van der Waals surface area contributed by atoms with Gasteiger partial charge in [0.25, 0.3) is 0 Å². The van der Waals surface area contributed by atoms with E-state index in [4.69, 9.17) is 5.73 Å². The highest BCUT2D eigenvalue weighted by Gasteiger charge is 2.31. The Morgan fingerprint density at radius 2 is 2.09 bits per heavy atom. The van der Waals surface area contributed by atoms with Crippen LogP contribution in [0.3, 0.4) is 0 Å². The predicted molar refractivity (Wildman–Crippen MR) is 76.2 cm³/mol. The van der Waals surface area contributed by atoms with Gasteiger partial charge in [-0.25, -0.2) is 4.98 Å². The Morgan fingerprint density at radius 3 is 2.68 bits per heavy atom. The number of nitrogens with zero attached hydrogens (tertiary/aromatic N) is 3. The van der Waals surface area contributed by atoms with Crippen LogP contribution in [-0.2, 0) is 6.18 Å². The standard InChI is InChI=1S/C13H16F3N5O/c1-2-3-8(6-22)19-11-10-9(20-12(17)21-11)4-7(5-18-10)13(14,15)16/h4-5,8,22H,2-3,6H2,1H3,(H3,17,19,20,21). The van der Waals surface area contributed by atoms with Crippen LogP contribution >= 0.6 is 0 Å². The fourth-order valence-electron chi connectivity index (χ4n) is 2.04. The van der Waals surface area contributed by atoms with Gasteiger partial charge in [0.05, 0.1) is 23.7 Å². The number of rotatable bonds is 5. The van der Waals surface area contributed by atoms with E-state index in [0.29, 0.717) is 6.42 Å². The maximum Gasteiger partial charge on any atom is 0.417 e. The van der Waals surface area contributed by atoms with Crippen LogP contribution in [0.25, 0.3) is 11.0 Å². The Bertz CT molecular complexity index is 662. The van der Waals surface area contributed by atoms with Gasteiger partial charge in [0, 0.05) is 6.20 Å². The van der Waals surface area contributed by atoms with Gasteiger partial charge in [-0.05, 0) is 12.5 Å². The summed E-state index contributed by atoms with van der Waals surface area (Å²) < 4.78 is 38.2. The number of aliphatic hydroxyl groups excluding tert-OH is 1. The number of aromatic nitrogens is 3. The van der Waals surface area contributed by atoms with E-state index < -0.39 is 11.7 Å². The summed E-state index contributed by atoms with van der Waals surface area (Å²) in [7, 11) is 0. The van der Waals surface area contributed by atoms with Crippen LogP contribution in [-0.4, -0.2) is 32.7 Å². The number of hydrogen-bond acceptors (Lipinski definition) is 6. The molecule has 0 spiro atoms. The number of nitrogens with one attached hydrogen (secondary N) is 1. The minimum atomic E-state index is -4.51. The molecule has 2 aromatic heterocycles. The van der Waals surface area contributed by atoms with Crippen molar-refractivity contribution < 1.29 is 18.3 Å². The van der Waals surface area contributed by atoms with Gasteiger partial charge in [0.1, 0.15) is 5.52 Å². The Hall–Kier alpha value is -2.16. The summed E-state index contributed by atoms with van der Waals surface area (Å²) in [5.74, 6) is 0.0491.